The van der Waals surface area contributed by atoms with Crippen LogP contribution in [0.1, 0.15) is 16.8 Å². The van der Waals surface area contributed by atoms with Gasteiger partial charge in [-0.15, -0.1) is 0 Å². The first kappa shape index (κ1) is 31.1. The van der Waals surface area contributed by atoms with Crippen LogP contribution in [0.5, 0.6) is 0 Å². The quantitative estimate of drug-likeness (QED) is 0.322. The Morgan fingerprint density at radius 2 is 1.33 bits per heavy atom. The molecule has 242 valence electrons. The van der Waals surface area contributed by atoms with Gasteiger partial charge in [0, 0.05) is 61.6 Å². The second kappa shape index (κ2) is 14.1. The number of rotatable bonds is 7. The number of aliphatic hydroxyl groups is 1. The molecule has 3 saturated heterocycles. The molecule has 6 rings (SSSR count). The Morgan fingerprint density at radius 3 is 1.85 bits per heavy atom. The summed E-state index contributed by atoms with van der Waals surface area (Å²) < 4.78 is 15.8. The fourth-order valence-corrected chi connectivity index (χ4v) is 5.55. The summed E-state index contributed by atoms with van der Waals surface area (Å²) in [4.78, 5) is 57.6. The van der Waals surface area contributed by atoms with Crippen molar-refractivity contribution in [3.8, 4) is 11.4 Å². The standard InChI is InChI=1S/C31H36N8O7/c1-44-28(42)25-18-24(40)19-39(25)27(41)21-4-8-23(9-5-21)33-31(43)32-22-6-2-20(3-7-22)26-34-29(37-10-14-45-15-11-37)36-30(35-26)38-12-16-46-17-13-38/h2-9,24-25,40H,10-19H2,1H3,(H2,32,33,43)/t24-,25+/m1/s1. The molecule has 46 heavy (non-hydrogen) atoms. The fraction of sp³-hybridized carbons (Fsp3) is 0.419. The molecule has 1 aromatic heterocycles. The van der Waals surface area contributed by atoms with Crippen LogP contribution < -0.4 is 20.4 Å². The van der Waals surface area contributed by atoms with Crippen LogP contribution in [0.4, 0.5) is 28.1 Å². The Labute approximate surface area is 265 Å². The van der Waals surface area contributed by atoms with Crippen molar-refractivity contribution in [2.75, 3.05) is 86.7 Å². The highest BCUT2D eigenvalue weighted by atomic mass is 16.5. The molecule has 15 heteroatoms. The van der Waals surface area contributed by atoms with Crippen LogP contribution in [0.25, 0.3) is 11.4 Å². The van der Waals surface area contributed by atoms with Crippen LogP contribution in [0, 0.1) is 0 Å². The number of nitrogens with zero attached hydrogens (tertiary/aromatic N) is 6. The molecular formula is C31H36N8O7. The molecule has 3 amide bonds. The van der Waals surface area contributed by atoms with Crippen molar-refractivity contribution >= 4 is 41.2 Å². The van der Waals surface area contributed by atoms with Crippen LogP contribution in [0.3, 0.4) is 0 Å². The molecule has 0 unspecified atom stereocenters. The Morgan fingerprint density at radius 1 is 0.804 bits per heavy atom. The van der Waals surface area contributed by atoms with E-state index >= 15 is 0 Å². The van der Waals surface area contributed by atoms with Gasteiger partial charge in [-0.3, -0.25) is 4.79 Å². The molecule has 0 bridgehead atoms. The third kappa shape index (κ3) is 7.17. The van der Waals surface area contributed by atoms with Gasteiger partial charge in [0.25, 0.3) is 5.91 Å². The summed E-state index contributed by atoms with van der Waals surface area (Å²) in [6.07, 6.45) is -0.677. The lowest BCUT2D eigenvalue weighted by atomic mass is 10.1. The van der Waals surface area contributed by atoms with Gasteiger partial charge in [-0.05, 0) is 48.5 Å². The van der Waals surface area contributed by atoms with Crippen LogP contribution in [0.2, 0.25) is 0 Å². The second-order valence-electron chi connectivity index (χ2n) is 11.1. The summed E-state index contributed by atoms with van der Waals surface area (Å²) in [6, 6.07) is 12.2. The number of amides is 3. The summed E-state index contributed by atoms with van der Waals surface area (Å²) in [5, 5.41) is 15.5. The fourth-order valence-electron chi connectivity index (χ4n) is 5.55. The van der Waals surface area contributed by atoms with Crippen LogP contribution in [-0.2, 0) is 19.0 Å². The SMILES string of the molecule is COC(=O)[C@@H]1C[C@@H](O)CN1C(=O)c1ccc(NC(=O)Nc2ccc(-c3nc(N4CCOCC4)nc(N4CCOCC4)n3)cc2)cc1. The number of aromatic nitrogens is 3. The third-order valence-electron chi connectivity index (χ3n) is 8.00. The molecule has 2 atom stereocenters. The highest BCUT2D eigenvalue weighted by Gasteiger charge is 2.40. The molecule has 3 aliphatic rings. The van der Waals surface area contributed by atoms with Crippen molar-refractivity contribution in [1.29, 1.82) is 0 Å². The first-order valence-electron chi connectivity index (χ1n) is 15.1. The maximum atomic E-state index is 13.0. The average molecular weight is 633 g/mol. The second-order valence-corrected chi connectivity index (χ2v) is 11.1. The number of hydrogen-bond acceptors (Lipinski definition) is 12. The van der Waals surface area contributed by atoms with E-state index in [0.717, 1.165) is 5.56 Å². The molecule has 0 saturated carbocycles. The van der Waals surface area contributed by atoms with Crippen molar-refractivity contribution in [2.45, 2.75) is 18.6 Å². The molecule has 0 aliphatic carbocycles. The largest absolute Gasteiger partial charge is 0.467 e. The Bertz CT molecular complexity index is 1510. The Kier molecular flexibility index (Phi) is 9.51. The van der Waals surface area contributed by atoms with E-state index in [1.165, 1.54) is 12.0 Å². The maximum Gasteiger partial charge on any atom is 0.328 e. The predicted molar refractivity (Wildman–Crippen MR) is 168 cm³/mol. The van der Waals surface area contributed by atoms with E-state index < -0.39 is 30.1 Å². The van der Waals surface area contributed by atoms with Crippen molar-refractivity contribution < 1.29 is 33.7 Å². The number of esters is 1. The molecule has 3 N–H and O–H groups in total. The van der Waals surface area contributed by atoms with E-state index in [9.17, 15) is 19.5 Å². The van der Waals surface area contributed by atoms with Gasteiger partial charge >= 0.3 is 12.0 Å². The Balaban J connectivity index is 1.10. The topological polar surface area (TPSA) is 172 Å². The van der Waals surface area contributed by atoms with Gasteiger partial charge in [0.2, 0.25) is 11.9 Å². The van der Waals surface area contributed by atoms with Gasteiger partial charge in [-0.25, -0.2) is 9.59 Å². The van der Waals surface area contributed by atoms with E-state index in [1.54, 1.807) is 36.4 Å². The molecule has 4 heterocycles. The smallest absolute Gasteiger partial charge is 0.328 e. The van der Waals surface area contributed by atoms with E-state index in [4.69, 9.17) is 29.2 Å². The summed E-state index contributed by atoms with van der Waals surface area (Å²) >= 11 is 0. The minimum atomic E-state index is -0.841. The number of carbonyl (C=O) groups excluding carboxylic acids is 3. The summed E-state index contributed by atoms with van der Waals surface area (Å²) in [7, 11) is 1.25. The summed E-state index contributed by atoms with van der Waals surface area (Å²) in [5.41, 5.74) is 2.12. The third-order valence-corrected chi connectivity index (χ3v) is 8.00. The van der Waals surface area contributed by atoms with Crippen LogP contribution >= 0.6 is 0 Å². The van der Waals surface area contributed by atoms with Crippen molar-refractivity contribution in [1.82, 2.24) is 19.9 Å². The number of nitrogens with one attached hydrogen (secondary N) is 2. The van der Waals surface area contributed by atoms with E-state index in [1.807, 2.05) is 12.1 Å². The summed E-state index contributed by atoms with van der Waals surface area (Å²) in [5.74, 6) is 0.757. The molecule has 0 radical (unpaired) electrons. The van der Waals surface area contributed by atoms with Gasteiger partial charge in [-0.2, -0.15) is 15.0 Å². The number of ether oxygens (including phenoxy) is 3. The van der Waals surface area contributed by atoms with E-state index in [-0.39, 0.29) is 13.0 Å². The minimum absolute atomic E-state index is 0.0388. The number of β-amino-alcohol motifs (C(OH)–C–C–N with tert-alkyl or cyclic N) is 1. The summed E-state index contributed by atoms with van der Waals surface area (Å²) in [6.45, 7) is 5.27. The predicted octanol–water partition coefficient (Wildman–Crippen LogP) is 1.60. The number of anilines is 4. The number of methoxy groups -OCH3 is 1. The first-order valence-corrected chi connectivity index (χ1v) is 15.1. The van der Waals surface area contributed by atoms with Gasteiger partial charge < -0.3 is 44.7 Å². The molecule has 15 nitrogen and oxygen atoms in total. The van der Waals surface area contributed by atoms with Crippen molar-refractivity contribution in [2.24, 2.45) is 0 Å². The molecule has 3 fully saturated rings. The van der Waals surface area contributed by atoms with Crippen LogP contribution in [0.15, 0.2) is 48.5 Å². The number of benzene rings is 2. The van der Waals surface area contributed by atoms with Gasteiger partial charge in [-0.1, -0.05) is 0 Å². The van der Waals surface area contributed by atoms with Gasteiger partial charge in [0.1, 0.15) is 6.04 Å². The molecule has 0 spiro atoms. The molecule has 3 aliphatic heterocycles. The lowest BCUT2D eigenvalue weighted by molar-refractivity contribution is -0.145. The van der Waals surface area contributed by atoms with E-state index in [2.05, 4.69) is 20.4 Å². The highest BCUT2D eigenvalue weighted by Crippen LogP contribution is 2.25. The molecular weight excluding hydrogens is 596 g/mol. The zero-order valence-corrected chi connectivity index (χ0v) is 25.4. The monoisotopic (exact) mass is 632 g/mol. The van der Waals surface area contributed by atoms with E-state index in [0.29, 0.717) is 87.3 Å². The number of likely N-dealkylation sites (tertiary alicyclic amines) is 1. The first-order chi connectivity index (χ1) is 22.4. The lowest BCUT2D eigenvalue weighted by Gasteiger charge is -2.30. The zero-order valence-electron chi connectivity index (χ0n) is 25.4. The Hall–Kier alpha value is -4.86. The lowest BCUT2D eigenvalue weighted by Crippen LogP contribution is -2.41. The van der Waals surface area contributed by atoms with Crippen molar-refractivity contribution in [3.05, 3.63) is 54.1 Å². The molecule has 2 aromatic carbocycles. The van der Waals surface area contributed by atoms with Gasteiger partial charge in [0.05, 0.1) is 39.6 Å². The number of hydrogen-bond donors (Lipinski definition) is 3. The average Bonchev–Trinajstić information content (AvgIpc) is 3.50. The number of urea groups is 1. The normalized spacial score (nSPS) is 19.9. The number of aliphatic hydroxyl groups excluding tert-OH is 1. The number of morpholine rings is 2. The number of carbonyl (C=O) groups is 3. The highest BCUT2D eigenvalue weighted by molar-refractivity contribution is 6.01. The van der Waals surface area contributed by atoms with Crippen LogP contribution in [-0.4, -0.2) is 121 Å². The van der Waals surface area contributed by atoms with Crippen molar-refractivity contribution in [3.63, 3.8) is 0 Å². The zero-order chi connectivity index (χ0) is 32.0. The van der Waals surface area contributed by atoms with Gasteiger partial charge in [0.15, 0.2) is 5.82 Å². The maximum absolute atomic E-state index is 13.0. The minimum Gasteiger partial charge on any atom is -0.467 e. The molecule has 3 aromatic rings.